The van der Waals surface area contributed by atoms with Crippen LogP contribution in [0.5, 0.6) is 0 Å². The number of hydrogen-bond donors (Lipinski definition) is 1. The Kier molecular flexibility index (Phi) is 2.80. The number of likely N-dealkylation sites (N-methyl/N-ethyl adjacent to an activating group) is 1. The molecule has 1 aromatic carbocycles. The summed E-state index contributed by atoms with van der Waals surface area (Å²) in [6.45, 7) is 0. The molecule has 0 saturated carbocycles. The second kappa shape index (κ2) is 4.25. The fourth-order valence-corrected chi connectivity index (χ4v) is 1.88. The van der Waals surface area contributed by atoms with Crippen molar-refractivity contribution in [3.8, 4) is 0 Å². The minimum absolute atomic E-state index is 0.419. The van der Waals surface area contributed by atoms with Crippen LogP contribution in [0.1, 0.15) is 11.5 Å². The number of rotatable bonds is 2. The lowest BCUT2D eigenvalue weighted by Crippen LogP contribution is -2.30. The van der Waals surface area contributed by atoms with Crippen LogP contribution in [0.25, 0.3) is 0 Å². The lowest BCUT2D eigenvalue weighted by molar-refractivity contribution is 0.603. The van der Waals surface area contributed by atoms with Crippen molar-refractivity contribution in [3.63, 3.8) is 0 Å². The summed E-state index contributed by atoms with van der Waals surface area (Å²) in [7, 11) is 2.00. The molecule has 0 aromatic heterocycles. The van der Waals surface area contributed by atoms with Crippen molar-refractivity contribution in [1.82, 2.24) is 5.32 Å². The van der Waals surface area contributed by atoms with Gasteiger partial charge in [-0.15, -0.1) is 0 Å². The van der Waals surface area contributed by atoms with E-state index in [1.165, 1.54) is 5.56 Å². The summed E-state index contributed by atoms with van der Waals surface area (Å²) >= 11 is 0. The molecule has 1 nitrogen and oxygen atoms in total. The first-order chi connectivity index (χ1) is 6.92. The highest BCUT2D eigenvalue weighted by molar-refractivity contribution is 5.32. The van der Waals surface area contributed by atoms with E-state index in [1.54, 1.807) is 0 Å². The van der Waals surface area contributed by atoms with Crippen molar-refractivity contribution < 1.29 is 0 Å². The van der Waals surface area contributed by atoms with E-state index in [2.05, 4.69) is 60.0 Å². The Morgan fingerprint density at radius 3 is 2.43 bits per heavy atom. The van der Waals surface area contributed by atoms with Crippen LogP contribution in [0.15, 0.2) is 54.6 Å². The molecule has 1 aliphatic rings. The van der Waals surface area contributed by atoms with Gasteiger partial charge in [0.1, 0.15) is 0 Å². The van der Waals surface area contributed by atoms with Crippen molar-refractivity contribution in [2.45, 2.75) is 12.0 Å². The molecule has 0 heterocycles. The molecule has 2 atom stereocenters. The van der Waals surface area contributed by atoms with E-state index < -0.39 is 0 Å². The summed E-state index contributed by atoms with van der Waals surface area (Å²) in [5, 5.41) is 3.31. The summed E-state index contributed by atoms with van der Waals surface area (Å²) < 4.78 is 0. The smallest absolute Gasteiger partial charge is 0.0354 e. The van der Waals surface area contributed by atoms with Gasteiger partial charge in [-0.1, -0.05) is 54.6 Å². The van der Waals surface area contributed by atoms with Crippen molar-refractivity contribution in [2.24, 2.45) is 0 Å². The van der Waals surface area contributed by atoms with Crippen LogP contribution in [0.3, 0.4) is 0 Å². The molecule has 2 rings (SSSR count). The Bertz CT molecular complexity index is 338. The second-order valence-electron chi connectivity index (χ2n) is 3.52. The minimum Gasteiger partial charge on any atom is -0.313 e. The average molecular weight is 185 g/mol. The molecule has 1 heteroatoms. The van der Waals surface area contributed by atoms with Crippen molar-refractivity contribution in [2.75, 3.05) is 7.05 Å². The van der Waals surface area contributed by atoms with Gasteiger partial charge in [-0.2, -0.15) is 0 Å². The zero-order valence-corrected chi connectivity index (χ0v) is 8.35. The van der Waals surface area contributed by atoms with Gasteiger partial charge in [0.05, 0.1) is 0 Å². The topological polar surface area (TPSA) is 12.0 Å². The van der Waals surface area contributed by atoms with E-state index in [-0.39, 0.29) is 0 Å². The van der Waals surface area contributed by atoms with Gasteiger partial charge in [0.2, 0.25) is 0 Å². The molecular formula is C13H15N. The van der Waals surface area contributed by atoms with E-state index in [4.69, 9.17) is 0 Å². The molecule has 0 bridgehead atoms. The average Bonchev–Trinajstić information content (AvgIpc) is 2.30. The minimum atomic E-state index is 0.419. The molecular weight excluding hydrogens is 170 g/mol. The lowest BCUT2D eigenvalue weighted by Gasteiger charge is -2.23. The summed E-state index contributed by atoms with van der Waals surface area (Å²) in [5.74, 6) is 0.464. The zero-order valence-electron chi connectivity index (χ0n) is 8.35. The molecule has 0 saturated heterocycles. The van der Waals surface area contributed by atoms with Crippen molar-refractivity contribution in [1.29, 1.82) is 0 Å². The first kappa shape index (κ1) is 9.22. The molecule has 72 valence electrons. The maximum absolute atomic E-state index is 3.31. The maximum atomic E-state index is 3.31. The van der Waals surface area contributed by atoms with Crippen LogP contribution in [0.4, 0.5) is 0 Å². The Morgan fingerprint density at radius 1 is 1.00 bits per heavy atom. The van der Waals surface area contributed by atoms with Gasteiger partial charge >= 0.3 is 0 Å². The van der Waals surface area contributed by atoms with Crippen molar-refractivity contribution in [3.05, 3.63) is 60.2 Å². The third kappa shape index (κ3) is 1.78. The molecule has 2 unspecified atom stereocenters. The van der Waals surface area contributed by atoms with E-state index in [0.717, 1.165) is 0 Å². The van der Waals surface area contributed by atoms with E-state index >= 15 is 0 Å². The highest BCUT2D eigenvalue weighted by atomic mass is 14.9. The van der Waals surface area contributed by atoms with Gasteiger partial charge in [0.15, 0.2) is 0 Å². The third-order valence-corrected chi connectivity index (χ3v) is 2.65. The predicted molar refractivity (Wildman–Crippen MR) is 60.3 cm³/mol. The monoisotopic (exact) mass is 185 g/mol. The molecule has 14 heavy (non-hydrogen) atoms. The molecule has 0 radical (unpaired) electrons. The standard InChI is InChI=1S/C13H15N/c1-14-13-10-6-5-9-12(13)11-7-3-2-4-8-11/h2-10,12-14H,1H3. The molecule has 0 fully saturated rings. The van der Waals surface area contributed by atoms with Gasteiger partial charge in [0.25, 0.3) is 0 Å². The Morgan fingerprint density at radius 2 is 1.71 bits per heavy atom. The molecule has 0 spiro atoms. The highest BCUT2D eigenvalue weighted by Crippen LogP contribution is 2.24. The number of allylic oxidation sites excluding steroid dienone is 2. The quantitative estimate of drug-likeness (QED) is 0.746. The Balaban J connectivity index is 2.25. The molecule has 1 aromatic rings. The second-order valence-corrected chi connectivity index (χ2v) is 3.52. The van der Waals surface area contributed by atoms with Crippen LogP contribution in [-0.4, -0.2) is 13.1 Å². The van der Waals surface area contributed by atoms with Crippen LogP contribution in [0, 0.1) is 0 Å². The molecule has 1 aliphatic carbocycles. The Labute approximate surface area is 85.2 Å². The summed E-state index contributed by atoms with van der Waals surface area (Å²) in [4.78, 5) is 0. The van der Waals surface area contributed by atoms with Gasteiger partial charge in [-0.05, 0) is 12.6 Å². The number of hydrogen-bond acceptors (Lipinski definition) is 1. The van der Waals surface area contributed by atoms with Crippen LogP contribution >= 0.6 is 0 Å². The van der Waals surface area contributed by atoms with E-state index in [9.17, 15) is 0 Å². The highest BCUT2D eigenvalue weighted by Gasteiger charge is 2.17. The normalized spacial score (nSPS) is 25.2. The molecule has 0 amide bonds. The fraction of sp³-hybridized carbons (Fsp3) is 0.231. The zero-order chi connectivity index (χ0) is 9.80. The van der Waals surface area contributed by atoms with Crippen LogP contribution in [-0.2, 0) is 0 Å². The van der Waals surface area contributed by atoms with Gasteiger partial charge in [-0.3, -0.25) is 0 Å². The fourth-order valence-electron chi connectivity index (χ4n) is 1.88. The summed E-state index contributed by atoms with van der Waals surface area (Å²) in [6, 6.07) is 11.0. The maximum Gasteiger partial charge on any atom is 0.0354 e. The summed E-state index contributed by atoms with van der Waals surface area (Å²) in [6.07, 6.45) is 8.67. The number of nitrogens with one attached hydrogen (secondary N) is 1. The van der Waals surface area contributed by atoms with Gasteiger partial charge in [-0.25, -0.2) is 0 Å². The predicted octanol–water partition coefficient (Wildman–Crippen LogP) is 2.48. The lowest BCUT2D eigenvalue weighted by atomic mass is 9.88. The van der Waals surface area contributed by atoms with Gasteiger partial charge in [0, 0.05) is 12.0 Å². The Hall–Kier alpha value is -1.34. The van der Waals surface area contributed by atoms with Crippen molar-refractivity contribution >= 4 is 0 Å². The number of benzene rings is 1. The molecule has 1 N–H and O–H groups in total. The molecule has 0 aliphatic heterocycles. The SMILES string of the molecule is CNC1C=CC=CC1c1ccccc1. The first-order valence-corrected chi connectivity index (χ1v) is 4.99. The van der Waals surface area contributed by atoms with Gasteiger partial charge < -0.3 is 5.32 Å². The van der Waals surface area contributed by atoms with Crippen LogP contribution < -0.4 is 5.32 Å². The van der Waals surface area contributed by atoms with Crippen LogP contribution in [0.2, 0.25) is 0 Å². The van der Waals surface area contributed by atoms with E-state index in [0.29, 0.717) is 12.0 Å². The third-order valence-electron chi connectivity index (χ3n) is 2.65. The largest absolute Gasteiger partial charge is 0.313 e. The summed E-state index contributed by atoms with van der Waals surface area (Å²) in [5.41, 5.74) is 1.37. The van der Waals surface area contributed by atoms with E-state index in [1.807, 2.05) is 7.05 Å². The first-order valence-electron chi connectivity index (χ1n) is 4.99.